The van der Waals surface area contributed by atoms with Crippen LogP contribution in [-0.4, -0.2) is 62.6 Å². The number of benzene rings is 1. The van der Waals surface area contributed by atoms with Gasteiger partial charge in [-0.15, -0.1) is 0 Å². The third-order valence-corrected chi connectivity index (χ3v) is 6.85. The van der Waals surface area contributed by atoms with E-state index in [1.807, 2.05) is 28.9 Å². The van der Waals surface area contributed by atoms with Crippen molar-refractivity contribution in [3.8, 4) is 0 Å². The van der Waals surface area contributed by atoms with Crippen LogP contribution in [0.25, 0.3) is 11.0 Å². The number of hydrogen-bond acceptors (Lipinski definition) is 8. The number of amides is 1. The highest BCUT2D eigenvalue weighted by molar-refractivity contribution is 14.1. The molecule has 0 radical (unpaired) electrons. The number of fused-ring (bicyclic) bond motifs is 1. The molecular weight excluding hydrogens is 571 g/mol. The van der Waals surface area contributed by atoms with Gasteiger partial charge >= 0.3 is 0 Å². The molecule has 4 rings (SSSR count). The maximum absolute atomic E-state index is 12.6. The zero-order valence-electron chi connectivity index (χ0n) is 18.2. The molecule has 10 nitrogen and oxygen atoms in total. The van der Waals surface area contributed by atoms with E-state index in [2.05, 4.69) is 37.9 Å². The van der Waals surface area contributed by atoms with Gasteiger partial charge in [0.25, 0.3) is 5.91 Å². The van der Waals surface area contributed by atoms with Crippen LogP contribution in [0.2, 0.25) is 0 Å². The quantitative estimate of drug-likeness (QED) is 0.344. The Morgan fingerprint density at radius 3 is 2.53 bits per heavy atom. The lowest BCUT2D eigenvalue weighted by molar-refractivity contribution is -0.255. The lowest BCUT2D eigenvalue weighted by atomic mass is 10.2. The fourth-order valence-corrected chi connectivity index (χ4v) is 4.61. The maximum Gasteiger partial charge on any atom is 0.258 e. The molecule has 2 aromatic heterocycles. The predicted molar refractivity (Wildman–Crippen MR) is 137 cm³/mol. The van der Waals surface area contributed by atoms with Gasteiger partial charge < -0.3 is 24.3 Å². The number of anilines is 1. The second-order valence-corrected chi connectivity index (χ2v) is 9.11. The molecule has 1 fully saturated rings. The van der Waals surface area contributed by atoms with E-state index in [0.29, 0.717) is 55.0 Å². The minimum absolute atomic E-state index is 0.130. The van der Waals surface area contributed by atoms with E-state index in [1.165, 1.54) is 12.4 Å². The second-order valence-electron chi connectivity index (χ2n) is 7.57. The molecule has 1 amide bonds. The van der Waals surface area contributed by atoms with Gasteiger partial charge in [0.1, 0.15) is 5.65 Å². The summed E-state index contributed by atoms with van der Waals surface area (Å²) in [6.45, 7) is 4.47. The molecule has 1 aliphatic heterocycles. The van der Waals surface area contributed by atoms with Crippen molar-refractivity contribution in [1.29, 1.82) is 0 Å². The highest BCUT2D eigenvalue weighted by Gasteiger charge is 2.23. The topological polar surface area (TPSA) is 123 Å². The average molecular weight is 591 g/mol. The van der Waals surface area contributed by atoms with E-state index >= 15 is 0 Å². The smallest absolute Gasteiger partial charge is 0.258 e. The molecule has 0 bridgehead atoms. The summed E-state index contributed by atoms with van der Waals surface area (Å²) in [5.41, 5.74) is -0.145. The van der Waals surface area contributed by atoms with Crippen molar-refractivity contribution in [2.24, 2.45) is 0 Å². The Balaban J connectivity index is 1.47. The number of aryl methyl sites for hydroxylation is 1. The third kappa shape index (κ3) is 4.73. The Kier molecular flexibility index (Phi) is 7.07. The van der Waals surface area contributed by atoms with Crippen LogP contribution in [0.3, 0.4) is 0 Å². The largest absolute Gasteiger partial charge is 0.545 e. The van der Waals surface area contributed by atoms with Crippen molar-refractivity contribution in [3.05, 3.63) is 61.6 Å². The van der Waals surface area contributed by atoms with E-state index < -0.39 is 17.0 Å². The second kappa shape index (κ2) is 10.0. The molecule has 0 saturated carbocycles. The average Bonchev–Trinajstić information content (AvgIpc) is 2.84. The fraction of sp³-hybridized carbons (Fsp3) is 0.273. The summed E-state index contributed by atoms with van der Waals surface area (Å²) in [6, 6.07) is 7.28. The highest BCUT2D eigenvalue weighted by Crippen LogP contribution is 2.16. The van der Waals surface area contributed by atoms with Crippen molar-refractivity contribution in [1.82, 2.24) is 24.8 Å². The highest BCUT2D eigenvalue weighted by atomic mass is 127. The maximum atomic E-state index is 12.6. The first-order valence-electron chi connectivity index (χ1n) is 10.5. The van der Waals surface area contributed by atoms with Crippen molar-refractivity contribution in [3.63, 3.8) is 0 Å². The van der Waals surface area contributed by atoms with E-state index in [0.717, 1.165) is 3.57 Å². The number of aromatic nitrogens is 3. The Hall–Kier alpha value is -3.13. The van der Waals surface area contributed by atoms with Crippen LogP contribution >= 0.6 is 34.8 Å². The zero-order chi connectivity index (χ0) is 24.4. The van der Waals surface area contributed by atoms with Gasteiger partial charge in [-0.1, -0.05) is 12.1 Å². The summed E-state index contributed by atoms with van der Waals surface area (Å²) in [5, 5.41) is 14.6. The first-order valence-corrected chi connectivity index (χ1v) is 12.0. The first kappa shape index (κ1) is 24.0. The van der Waals surface area contributed by atoms with Gasteiger partial charge in [-0.05, 0) is 53.9 Å². The summed E-state index contributed by atoms with van der Waals surface area (Å²) in [6.07, 6.45) is 2.61. The number of nitrogens with one attached hydrogen (secondary N) is 1. The van der Waals surface area contributed by atoms with E-state index in [4.69, 9.17) is 12.2 Å². The number of halogens is 1. The fourth-order valence-electron chi connectivity index (χ4n) is 3.70. The number of piperazine rings is 1. The Labute approximate surface area is 213 Å². The number of carbonyl (C=O) groups excluding carboxylic acids is 2. The van der Waals surface area contributed by atoms with E-state index in [1.54, 1.807) is 16.7 Å². The van der Waals surface area contributed by atoms with Gasteiger partial charge in [-0.3, -0.25) is 14.9 Å². The summed E-state index contributed by atoms with van der Waals surface area (Å²) in [5.74, 6) is -1.34. The van der Waals surface area contributed by atoms with Crippen LogP contribution in [0.5, 0.6) is 0 Å². The summed E-state index contributed by atoms with van der Waals surface area (Å²) in [7, 11) is 0. The molecule has 0 unspecified atom stereocenters. The molecule has 0 spiro atoms. The minimum Gasteiger partial charge on any atom is -0.545 e. The van der Waals surface area contributed by atoms with Gasteiger partial charge in [-0.25, -0.2) is 4.98 Å². The van der Waals surface area contributed by atoms with Crippen LogP contribution in [0.15, 0.2) is 41.5 Å². The zero-order valence-corrected chi connectivity index (χ0v) is 21.1. The Morgan fingerprint density at radius 1 is 1.18 bits per heavy atom. The van der Waals surface area contributed by atoms with Crippen molar-refractivity contribution in [2.75, 3.05) is 31.1 Å². The van der Waals surface area contributed by atoms with Crippen LogP contribution in [0.4, 0.5) is 5.95 Å². The summed E-state index contributed by atoms with van der Waals surface area (Å²) in [4.78, 5) is 49.0. The number of nitrogens with zero attached hydrogens (tertiary/aromatic N) is 5. The van der Waals surface area contributed by atoms with Crippen molar-refractivity contribution >= 4 is 68.8 Å². The lowest BCUT2D eigenvalue weighted by Gasteiger charge is -2.36. The van der Waals surface area contributed by atoms with Gasteiger partial charge in [0, 0.05) is 48.7 Å². The Morgan fingerprint density at radius 2 is 1.88 bits per heavy atom. The molecule has 0 aliphatic carbocycles. The van der Waals surface area contributed by atoms with Gasteiger partial charge in [0.2, 0.25) is 11.4 Å². The molecule has 1 saturated heterocycles. The standard InChI is InChI=1S/C22H21IN6O4S/c1-2-27-12-15(20(32)33)17(30)14-11-24-21(25-18(14)27)28-7-9-29(10-8-28)22(34)26-19(31)13-5-3-4-6-16(13)23/h3-6,11-12H,2,7-10H2,1H3,(H,32,33)(H,26,31,34)/p-1. The van der Waals surface area contributed by atoms with Gasteiger partial charge in [-0.2, -0.15) is 4.98 Å². The molecule has 3 heterocycles. The minimum atomic E-state index is -1.53. The molecule has 1 aliphatic rings. The van der Waals surface area contributed by atoms with Crippen molar-refractivity contribution in [2.45, 2.75) is 13.5 Å². The molecule has 1 aromatic carbocycles. The van der Waals surface area contributed by atoms with Crippen LogP contribution < -0.4 is 20.8 Å². The molecule has 34 heavy (non-hydrogen) atoms. The SMILES string of the molecule is CCn1cc(C(=O)[O-])c(=O)c2cnc(N3CCN(C(=S)NC(=O)c4ccccc4I)CC3)nc21. The van der Waals surface area contributed by atoms with E-state index in [-0.39, 0.29) is 11.3 Å². The van der Waals surface area contributed by atoms with Gasteiger partial charge in [0.05, 0.1) is 22.5 Å². The van der Waals surface area contributed by atoms with Crippen LogP contribution in [0, 0.1) is 3.57 Å². The number of pyridine rings is 1. The molecule has 3 aromatic rings. The lowest BCUT2D eigenvalue weighted by Crippen LogP contribution is -2.53. The number of carboxylic acids is 1. The van der Waals surface area contributed by atoms with Gasteiger partial charge in [0.15, 0.2) is 5.11 Å². The number of aromatic carboxylic acids is 1. The van der Waals surface area contributed by atoms with Crippen molar-refractivity contribution < 1.29 is 14.7 Å². The number of carboxylic acid groups (broad SMARTS) is 1. The molecular formula is C22H20IN6O4S-. The monoisotopic (exact) mass is 591 g/mol. The third-order valence-electron chi connectivity index (χ3n) is 5.55. The summed E-state index contributed by atoms with van der Waals surface area (Å²) < 4.78 is 2.44. The molecule has 176 valence electrons. The summed E-state index contributed by atoms with van der Waals surface area (Å²) >= 11 is 7.55. The number of rotatable bonds is 4. The number of carbonyl (C=O) groups is 2. The molecule has 0 atom stereocenters. The van der Waals surface area contributed by atoms with E-state index in [9.17, 15) is 19.5 Å². The number of hydrogen-bond donors (Lipinski definition) is 1. The molecule has 12 heteroatoms. The Bertz CT molecular complexity index is 1350. The normalized spacial score (nSPS) is 13.7. The molecule has 1 N–H and O–H groups in total. The predicted octanol–water partition coefficient (Wildman–Crippen LogP) is 0.616. The first-order chi connectivity index (χ1) is 16.3. The van der Waals surface area contributed by atoms with Crippen LogP contribution in [-0.2, 0) is 6.54 Å². The number of thiocarbonyl (C=S) groups is 1. The van der Waals surface area contributed by atoms with Crippen LogP contribution in [0.1, 0.15) is 27.6 Å².